The molecule has 28 heavy (non-hydrogen) atoms. The first kappa shape index (κ1) is 23.8. The molecule has 12 nitrogen and oxygen atoms in total. The number of carboxylic acid groups (broad SMARTS) is 2. The van der Waals surface area contributed by atoms with Crippen molar-refractivity contribution >= 4 is 11.9 Å². The lowest BCUT2D eigenvalue weighted by Crippen LogP contribution is -2.47. The standard InChI is InChI=1S/C16H28N4O8/c1-3-25-27-19-9-7-17(13-15(21)22)5-6-18(14-16(23)24)8-10-20(12-11-19)28-26-4-2/h3-4H,1-2,5-14H2,(H,21,22)(H,23,24). The molecule has 1 rings (SSSR count). The molecule has 0 spiro atoms. The quantitative estimate of drug-likeness (QED) is 0.274. The van der Waals surface area contributed by atoms with Crippen molar-refractivity contribution in [1.29, 1.82) is 0 Å². The Morgan fingerprint density at radius 3 is 1.36 bits per heavy atom. The molecule has 12 heteroatoms. The molecule has 0 amide bonds. The SMILES string of the molecule is C=COON1CCN(CC(=O)O)CCN(CC(=O)O)CCN(OOC=C)CC1. The largest absolute Gasteiger partial charge is 0.480 e. The van der Waals surface area contributed by atoms with Gasteiger partial charge in [-0.25, -0.2) is 0 Å². The van der Waals surface area contributed by atoms with E-state index in [1.165, 1.54) is 10.1 Å². The maximum Gasteiger partial charge on any atom is 0.317 e. The molecule has 0 aliphatic carbocycles. The van der Waals surface area contributed by atoms with E-state index in [1.54, 1.807) is 9.80 Å². The predicted molar refractivity (Wildman–Crippen MR) is 96.0 cm³/mol. The van der Waals surface area contributed by atoms with E-state index in [9.17, 15) is 9.59 Å². The van der Waals surface area contributed by atoms with E-state index in [1.807, 2.05) is 0 Å². The van der Waals surface area contributed by atoms with Crippen molar-refractivity contribution in [2.75, 3.05) is 65.4 Å². The van der Waals surface area contributed by atoms with Crippen LogP contribution < -0.4 is 0 Å². The molecule has 1 heterocycles. The molecule has 0 bridgehead atoms. The second kappa shape index (κ2) is 13.9. The second-order valence-electron chi connectivity index (χ2n) is 5.87. The monoisotopic (exact) mass is 404 g/mol. The molecule has 0 radical (unpaired) electrons. The van der Waals surface area contributed by atoms with E-state index in [-0.39, 0.29) is 13.1 Å². The van der Waals surface area contributed by atoms with Crippen molar-refractivity contribution in [3.05, 3.63) is 25.7 Å². The molecule has 0 aromatic heterocycles. The van der Waals surface area contributed by atoms with Gasteiger partial charge in [0.15, 0.2) is 0 Å². The van der Waals surface area contributed by atoms with Crippen LogP contribution in [0, 0.1) is 0 Å². The number of hydroxylamine groups is 4. The number of hydrogen-bond acceptors (Lipinski definition) is 10. The van der Waals surface area contributed by atoms with Crippen LogP contribution in [0.5, 0.6) is 0 Å². The molecular weight excluding hydrogens is 376 g/mol. The molecule has 1 aliphatic heterocycles. The van der Waals surface area contributed by atoms with Gasteiger partial charge in [-0.05, 0) is 0 Å². The first-order valence-corrected chi connectivity index (χ1v) is 8.71. The zero-order valence-electron chi connectivity index (χ0n) is 15.8. The summed E-state index contributed by atoms with van der Waals surface area (Å²) in [5.74, 6) is -1.93. The van der Waals surface area contributed by atoms with Crippen LogP contribution in [0.15, 0.2) is 25.7 Å². The van der Waals surface area contributed by atoms with Crippen molar-refractivity contribution < 1.29 is 39.6 Å². The first-order chi connectivity index (χ1) is 13.4. The van der Waals surface area contributed by atoms with Crippen molar-refractivity contribution in [2.45, 2.75) is 0 Å². The Kier molecular flexibility index (Phi) is 11.8. The van der Waals surface area contributed by atoms with Gasteiger partial charge in [0.05, 0.1) is 13.1 Å². The predicted octanol–water partition coefficient (Wildman–Crippen LogP) is -0.609. The summed E-state index contributed by atoms with van der Waals surface area (Å²) >= 11 is 0. The van der Waals surface area contributed by atoms with E-state index in [2.05, 4.69) is 13.2 Å². The lowest BCUT2D eigenvalue weighted by molar-refractivity contribution is -0.417. The molecular formula is C16H28N4O8. The number of aliphatic carboxylic acids is 2. The highest BCUT2D eigenvalue weighted by Crippen LogP contribution is 2.03. The minimum atomic E-state index is -0.965. The summed E-state index contributed by atoms with van der Waals surface area (Å²) in [5.41, 5.74) is 0. The molecule has 1 fully saturated rings. The van der Waals surface area contributed by atoms with Crippen molar-refractivity contribution in [3.8, 4) is 0 Å². The van der Waals surface area contributed by atoms with E-state index < -0.39 is 11.9 Å². The number of rotatable bonds is 10. The van der Waals surface area contributed by atoms with Crippen molar-refractivity contribution in [1.82, 2.24) is 19.9 Å². The summed E-state index contributed by atoms with van der Waals surface area (Å²) in [5, 5.41) is 21.2. The average Bonchev–Trinajstić information content (AvgIpc) is 2.63. The Morgan fingerprint density at radius 1 is 0.714 bits per heavy atom. The van der Waals surface area contributed by atoms with Gasteiger partial charge in [0, 0.05) is 52.4 Å². The van der Waals surface area contributed by atoms with Crippen LogP contribution in [0.4, 0.5) is 0 Å². The highest BCUT2D eigenvalue weighted by atomic mass is 17.3. The molecule has 160 valence electrons. The topological polar surface area (TPSA) is 124 Å². The van der Waals surface area contributed by atoms with Crippen molar-refractivity contribution in [2.24, 2.45) is 0 Å². The minimum absolute atomic E-state index is 0.167. The Morgan fingerprint density at radius 2 is 1.04 bits per heavy atom. The Balaban J connectivity index is 2.84. The fraction of sp³-hybridized carbons (Fsp3) is 0.625. The Bertz CT molecular complexity index is 463. The molecule has 1 saturated heterocycles. The molecule has 1 aliphatic rings. The Hall–Kier alpha value is -2.22. The van der Waals surface area contributed by atoms with Crippen LogP contribution in [-0.4, -0.2) is 108 Å². The minimum Gasteiger partial charge on any atom is -0.480 e. The van der Waals surface area contributed by atoms with E-state index in [0.717, 1.165) is 12.5 Å². The van der Waals surface area contributed by atoms with Gasteiger partial charge in [-0.2, -0.15) is 0 Å². The molecule has 0 saturated carbocycles. The summed E-state index contributed by atoms with van der Waals surface area (Å²) in [6, 6.07) is 0. The first-order valence-electron chi connectivity index (χ1n) is 8.71. The third-order valence-electron chi connectivity index (χ3n) is 3.81. The smallest absolute Gasteiger partial charge is 0.317 e. The maximum absolute atomic E-state index is 11.1. The fourth-order valence-corrected chi connectivity index (χ4v) is 2.49. The van der Waals surface area contributed by atoms with Crippen LogP contribution in [0.3, 0.4) is 0 Å². The van der Waals surface area contributed by atoms with Crippen LogP contribution >= 0.6 is 0 Å². The molecule has 2 N–H and O–H groups in total. The third kappa shape index (κ3) is 10.8. The van der Waals surface area contributed by atoms with Gasteiger partial charge >= 0.3 is 11.9 Å². The summed E-state index contributed by atoms with van der Waals surface area (Å²) in [6.07, 6.45) is 2.26. The second-order valence-corrected chi connectivity index (χ2v) is 5.87. The molecule has 0 atom stereocenters. The molecule has 0 aromatic carbocycles. The highest BCUT2D eigenvalue weighted by molar-refractivity contribution is 5.69. The maximum atomic E-state index is 11.1. The number of carbonyl (C=O) groups is 2. The number of nitrogens with zero attached hydrogens (tertiary/aromatic N) is 4. The van der Waals surface area contributed by atoms with Gasteiger partial charge in [0.25, 0.3) is 0 Å². The van der Waals surface area contributed by atoms with Gasteiger partial charge in [-0.1, -0.05) is 23.1 Å². The van der Waals surface area contributed by atoms with Gasteiger partial charge in [-0.3, -0.25) is 19.4 Å². The summed E-state index contributed by atoms with van der Waals surface area (Å²) < 4.78 is 0. The third-order valence-corrected chi connectivity index (χ3v) is 3.81. The Labute approximate surface area is 163 Å². The zero-order valence-corrected chi connectivity index (χ0v) is 15.8. The van der Waals surface area contributed by atoms with Crippen LogP contribution in [0.2, 0.25) is 0 Å². The molecule has 0 unspecified atom stereocenters. The average molecular weight is 404 g/mol. The fourth-order valence-electron chi connectivity index (χ4n) is 2.49. The lowest BCUT2D eigenvalue weighted by Gasteiger charge is -2.31. The van der Waals surface area contributed by atoms with E-state index in [0.29, 0.717) is 52.4 Å². The van der Waals surface area contributed by atoms with Crippen molar-refractivity contribution in [3.63, 3.8) is 0 Å². The lowest BCUT2D eigenvalue weighted by atomic mass is 10.3. The number of hydrogen-bond donors (Lipinski definition) is 2. The van der Waals surface area contributed by atoms with Crippen LogP contribution in [0.1, 0.15) is 0 Å². The highest BCUT2D eigenvalue weighted by Gasteiger charge is 2.20. The molecule has 0 aromatic rings. The van der Waals surface area contributed by atoms with E-state index in [4.69, 9.17) is 30.0 Å². The summed E-state index contributed by atoms with van der Waals surface area (Å²) in [4.78, 5) is 45.4. The van der Waals surface area contributed by atoms with E-state index >= 15 is 0 Å². The van der Waals surface area contributed by atoms with Gasteiger partial charge < -0.3 is 20.0 Å². The number of carboxylic acids is 2. The normalized spacial score (nSPS) is 19.1. The van der Waals surface area contributed by atoms with Gasteiger partial charge in [0.2, 0.25) is 0 Å². The van der Waals surface area contributed by atoms with Crippen LogP contribution in [-0.2, 0) is 29.3 Å². The van der Waals surface area contributed by atoms with Gasteiger partial charge in [0.1, 0.15) is 12.5 Å². The van der Waals surface area contributed by atoms with Gasteiger partial charge in [-0.15, -0.1) is 10.1 Å². The van der Waals surface area contributed by atoms with Crippen LogP contribution in [0.25, 0.3) is 0 Å². The zero-order chi connectivity index (χ0) is 20.8. The summed E-state index contributed by atoms with van der Waals surface area (Å²) in [7, 11) is 0. The summed E-state index contributed by atoms with van der Waals surface area (Å²) in [6.45, 7) is 9.35.